The summed E-state index contributed by atoms with van der Waals surface area (Å²) < 4.78 is 2.31. The molecule has 92 valence electrons. The second kappa shape index (κ2) is 4.53. The second-order valence-corrected chi connectivity index (χ2v) is 5.56. The van der Waals surface area contributed by atoms with Crippen molar-refractivity contribution in [1.82, 2.24) is 9.88 Å². The fourth-order valence-corrected chi connectivity index (χ4v) is 2.09. The number of hydrogen-bond donors (Lipinski definition) is 1. The molecule has 0 aliphatic carbocycles. The van der Waals surface area contributed by atoms with Crippen LogP contribution in [0, 0.1) is 0 Å². The highest BCUT2D eigenvalue weighted by atomic mass is 15.0. The van der Waals surface area contributed by atoms with Gasteiger partial charge in [-0.15, -0.1) is 0 Å². The lowest BCUT2D eigenvalue weighted by molar-refractivity contribution is 0.425. The zero-order valence-corrected chi connectivity index (χ0v) is 11.2. The molecule has 0 fully saturated rings. The zero-order chi connectivity index (χ0) is 12.5. The van der Waals surface area contributed by atoms with Gasteiger partial charge in [0, 0.05) is 35.7 Å². The van der Waals surface area contributed by atoms with Gasteiger partial charge in [0.25, 0.3) is 0 Å². The quantitative estimate of drug-likeness (QED) is 0.853. The van der Waals surface area contributed by atoms with Gasteiger partial charge in [-0.2, -0.15) is 0 Å². The Kier molecular flexibility index (Phi) is 3.25. The Bertz CT molecular complexity index is 503. The monoisotopic (exact) mass is 230 g/mol. The van der Waals surface area contributed by atoms with E-state index in [9.17, 15) is 0 Å². The van der Waals surface area contributed by atoms with Crippen LogP contribution in [0.3, 0.4) is 0 Å². The number of nitrogens with zero attached hydrogens (tertiary/aromatic N) is 1. The molecule has 0 aliphatic rings. The number of nitrogens with one attached hydrogen (secondary N) is 1. The predicted molar refractivity (Wildman–Crippen MR) is 74.2 cm³/mol. The summed E-state index contributed by atoms with van der Waals surface area (Å²) >= 11 is 0. The van der Waals surface area contributed by atoms with Gasteiger partial charge in [0.15, 0.2) is 0 Å². The van der Waals surface area contributed by atoms with Crippen molar-refractivity contribution in [2.24, 2.45) is 0 Å². The molecule has 2 aromatic rings. The molecule has 17 heavy (non-hydrogen) atoms. The molecule has 0 aliphatic heterocycles. The maximum atomic E-state index is 3.55. The number of aromatic nitrogens is 1. The van der Waals surface area contributed by atoms with E-state index >= 15 is 0 Å². The minimum atomic E-state index is 0.162. The van der Waals surface area contributed by atoms with Crippen molar-refractivity contribution in [3.05, 3.63) is 36.0 Å². The topological polar surface area (TPSA) is 17.0 Å². The molecule has 0 saturated heterocycles. The highest BCUT2D eigenvalue weighted by Gasteiger charge is 2.11. The Morgan fingerprint density at radius 3 is 2.53 bits per heavy atom. The minimum Gasteiger partial charge on any atom is -0.347 e. The summed E-state index contributed by atoms with van der Waals surface area (Å²) in [6.07, 6.45) is 2.27. The van der Waals surface area contributed by atoms with Crippen LogP contribution in [0.4, 0.5) is 0 Å². The minimum absolute atomic E-state index is 0.162. The highest BCUT2D eigenvalue weighted by Crippen LogP contribution is 2.21. The molecule has 0 bridgehead atoms. The van der Waals surface area contributed by atoms with Gasteiger partial charge in [-0.25, -0.2) is 0 Å². The van der Waals surface area contributed by atoms with Crippen molar-refractivity contribution in [3.63, 3.8) is 0 Å². The number of aryl methyl sites for hydroxylation is 1. The molecule has 2 rings (SSSR count). The first-order chi connectivity index (χ1) is 8.01. The van der Waals surface area contributed by atoms with E-state index in [4.69, 9.17) is 0 Å². The van der Waals surface area contributed by atoms with Crippen LogP contribution in [0.1, 0.15) is 33.3 Å². The lowest BCUT2D eigenvalue weighted by Gasteiger charge is -2.20. The molecule has 0 saturated carbocycles. The van der Waals surface area contributed by atoms with Gasteiger partial charge in [-0.3, -0.25) is 0 Å². The smallest absolute Gasteiger partial charge is 0.0483 e. The number of benzene rings is 1. The van der Waals surface area contributed by atoms with Crippen LogP contribution >= 0.6 is 0 Å². The summed E-state index contributed by atoms with van der Waals surface area (Å²) in [5, 5.41) is 4.92. The molecule has 0 atom stereocenters. The van der Waals surface area contributed by atoms with E-state index < -0.39 is 0 Å². The number of hydrogen-bond acceptors (Lipinski definition) is 1. The standard InChI is InChI=1S/C15H22N2/c1-5-17-11-12(10-16-15(2,3)4)13-8-6-7-9-14(13)17/h6-9,11,16H,5,10H2,1-4H3. The van der Waals surface area contributed by atoms with E-state index in [-0.39, 0.29) is 5.54 Å². The van der Waals surface area contributed by atoms with Crippen LogP contribution < -0.4 is 5.32 Å². The summed E-state index contributed by atoms with van der Waals surface area (Å²) in [4.78, 5) is 0. The molecular formula is C15H22N2. The van der Waals surface area contributed by atoms with Gasteiger partial charge >= 0.3 is 0 Å². The molecule has 0 amide bonds. The van der Waals surface area contributed by atoms with E-state index in [0.717, 1.165) is 13.1 Å². The van der Waals surface area contributed by atoms with Crippen molar-refractivity contribution in [2.45, 2.75) is 46.3 Å². The van der Waals surface area contributed by atoms with Gasteiger partial charge < -0.3 is 9.88 Å². The summed E-state index contributed by atoms with van der Waals surface area (Å²) in [5.74, 6) is 0. The van der Waals surface area contributed by atoms with Gasteiger partial charge in [0.2, 0.25) is 0 Å². The van der Waals surface area contributed by atoms with E-state index in [1.165, 1.54) is 16.5 Å². The van der Waals surface area contributed by atoms with Crippen molar-refractivity contribution < 1.29 is 0 Å². The van der Waals surface area contributed by atoms with Gasteiger partial charge in [0.05, 0.1) is 0 Å². The van der Waals surface area contributed by atoms with E-state index in [2.05, 4.69) is 68.0 Å². The SMILES string of the molecule is CCn1cc(CNC(C)(C)C)c2ccccc21. The maximum Gasteiger partial charge on any atom is 0.0483 e. The number of para-hydroxylation sites is 1. The summed E-state index contributed by atoms with van der Waals surface area (Å²) in [6, 6.07) is 8.62. The Morgan fingerprint density at radius 1 is 1.18 bits per heavy atom. The zero-order valence-electron chi connectivity index (χ0n) is 11.2. The normalized spacial score (nSPS) is 12.2. The first kappa shape index (κ1) is 12.2. The van der Waals surface area contributed by atoms with Crippen molar-refractivity contribution >= 4 is 10.9 Å². The van der Waals surface area contributed by atoms with Gasteiger partial charge in [0.1, 0.15) is 0 Å². The predicted octanol–water partition coefficient (Wildman–Crippen LogP) is 3.55. The molecule has 1 N–H and O–H groups in total. The van der Waals surface area contributed by atoms with Crippen LogP contribution in [-0.2, 0) is 13.1 Å². The first-order valence-electron chi connectivity index (χ1n) is 6.33. The van der Waals surface area contributed by atoms with E-state index in [0.29, 0.717) is 0 Å². The summed E-state index contributed by atoms with van der Waals surface area (Å²) in [7, 11) is 0. The van der Waals surface area contributed by atoms with Crippen molar-refractivity contribution in [2.75, 3.05) is 0 Å². The van der Waals surface area contributed by atoms with Crippen LogP contribution in [0.25, 0.3) is 10.9 Å². The van der Waals surface area contributed by atoms with Gasteiger partial charge in [-0.05, 0) is 39.3 Å². The summed E-state index contributed by atoms with van der Waals surface area (Å²) in [5.41, 5.74) is 2.88. The first-order valence-corrected chi connectivity index (χ1v) is 6.33. The summed E-state index contributed by atoms with van der Waals surface area (Å²) in [6.45, 7) is 10.7. The molecule has 1 aromatic heterocycles. The Hall–Kier alpha value is -1.28. The van der Waals surface area contributed by atoms with Crippen molar-refractivity contribution in [3.8, 4) is 0 Å². The fourth-order valence-electron chi connectivity index (χ4n) is 2.09. The molecule has 2 heteroatoms. The lowest BCUT2D eigenvalue weighted by Crippen LogP contribution is -2.34. The third-order valence-electron chi connectivity index (χ3n) is 3.02. The Balaban J connectivity index is 2.34. The Morgan fingerprint density at radius 2 is 1.88 bits per heavy atom. The molecular weight excluding hydrogens is 208 g/mol. The largest absolute Gasteiger partial charge is 0.347 e. The van der Waals surface area contributed by atoms with Crippen LogP contribution in [-0.4, -0.2) is 10.1 Å². The van der Waals surface area contributed by atoms with Crippen molar-refractivity contribution in [1.29, 1.82) is 0 Å². The van der Waals surface area contributed by atoms with Gasteiger partial charge in [-0.1, -0.05) is 18.2 Å². The average Bonchev–Trinajstić information content (AvgIpc) is 2.64. The molecule has 2 nitrogen and oxygen atoms in total. The molecule has 0 unspecified atom stereocenters. The Labute approximate surface area is 104 Å². The third-order valence-corrected chi connectivity index (χ3v) is 3.02. The lowest BCUT2D eigenvalue weighted by atomic mass is 10.1. The van der Waals surface area contributed by atoms with E-state index in [1.807, 2.05) is 0 Å². The third kappa shape index (κ3) is 2.70. The average molecular weight is 230 g/mol. The number of fused-ring (bicyclic) bond motifs is 1. The van der Waals surface area contributed by atoms with Crippen LogP contribution in [0.2, 0.25) is 0 Å². The van der Waals surface area contributed by atoms with Crippen LogP contribution in [0.5, 0.6) is 0 Å². The van der Waals surface area contributed by atoms with Crippen LogP contribution in [0.15, 0.2) is 30.5 Å². The fraction of sp³-hybridized carbons (Fsp3) is 0.467. The molecule has 1 aromatic carbocycles. The maximum absolute atomic E-state index is 3.55. The highest BCUT2D eigenvalue weighted by molar-refractivity contribution is 5.83. The number of rotatable bonds is 3. The molecule has 1 heterocycles. The molecule has 0 spiro atoms. The van der Waals surface area contributed by atoms with E-state index in [1.54, 1.807) is 0 Å². The molecule has 0 radical (unpaired) electrons. The second-order valence-electron chi connectivity index (χ2n) is 5.56.